The second kappa shape index (κ2) is 6.79. The Morgan fingerprint density at radius 3 is 2.68 bits per heavy atom. The first-order valence-corrected chi connectivity index (χ1v) is 7.36. The predicted molar refractivity (Wildman–Crippen MR) is 96.8 cm³/mol. The van der Waals surface area contributed by atoms with Crippen LogP contribution in [0.3, 0.4) is 0 Å². The normalized spacial score (nSPS) is 11.9. The summed E-state index contributed by atoms with van der Waals surface area (Å²) in [4.78, 5) is 30.2. The van der Waals surface area contributed by atoms with E-state index in [2.05, 4.69) is 15.1 Å². The highest BCUT2D eigenvalue weighted by molar-refractivity contribution is 6.38. The minimum atomic E-state index is -1.05. The van der Waals surface area contributed by atoms with Crippen LogP contribution in [0, 0.1) is 0 Å². The van der Waals surface area contributed by atoms with E-state index < -0.39 is 5.97 Å². The van der Waals surface area contributed by atoms with Gasteiger partial charge in [0.2, 0.25) is 0 Å². The molecule has 0 amide bonds. The summed E-state index contributed by atoms with van der Waals surface area (Å²) in [7, 11) is 0. The van der Waals surface area contributed by atoms with Gasteiger partial charge in [-0.05, 0) is 35.7 Å². The molecule has 0 radical (unpaired) electrons. The number of carboxylic acid groups (broad SMARTS) is 1. The maximum Gasteiger partial charge on any atom is 0.335 e. The first-order chi connectivity index (χ1) is 12.1. The molecule has 0 atom stereocenters. The van der Waals surface area contributed by atoms with E-state index in [1.54, 1.807) is 24.3 Å². The number of fused-ring (bicyclic) bond motifs is 1. The number of carbonyl (C=O) groups is 1. The topological polar surface area (TPSA) is 121 Å². The van der Waals surface area contributed by atoms with Crippen molar-refractivity contribution in [2.75, 3.05) is 0 Å². The van der Waals surface area contributed by atoms with Crippen molar-refractivity contribution >= 4 is 34.5 Å². The van der Waals surface area contributed by atoms with Crippen molar-refractivity contribution < 1.29 is 9.90 Å². The summed E-state index contributed by atoms with van der Waals surface area (Å²) in [6.07, 6.45) is 1.33. The molecule has 0 aliphatic heterocycles. The Morgan fingerprint density at radius 1 is 1.12 bits per heavy atom. The van der Waals surface area contributed by atoms with Gasteiger partial charge in [-0.1, -0.05) is 24.3 Å². The summed E-state index contributed by atoms with van der Waals surface area (Å²) >= 11 is 0. The lowest BCUT2D eigenvalue weighted by Crippen LogP contribution is -2.20. The molecule has 7 nitrogen and oxygen atoms in total. The van der Waals surface area contributed by atoms with Crippen molar-refractivity contribution in [3.8, 4) is 0 Å². The molecule has 0 aliphatic carbocycles. The van der Waals surface area contributed by atoms with Crippen LogP contribution >= 0.6 is 0 Å². The molecule has 0 aliphatic rings. The molecule has 0 bridgehead atoms. The molecular weight excluding hydrogens is 320 g/mol. The van der Waals surface area contributed by atoms with Crippen LogP contribution in [0.4, 0.5) is 5.69 Å². The van der Waals surface area contributed by atoms with E-state index in [9.17, 15) is 9.59 Å². The van der Waals surface area contributed by atoms with Crippen molar-refractivity contribution in [2.24, 2.45) is 15.9 Å². The number of nitrogens with zero attached hydrogens (tertiary/aromatic N) is 2. The third kappa shape index (κ3) is 3.45. The number of rotatable bonds is 4. The zero-order valence-corrected chi connectivity index (χ0v) is 13.0. The zero-order valence-electron chi connectivity index (χ0n) is 13.0. The van der Waals surface area contributed by atoms with Gasteiger partial charge in [-0.2, -0.15) is 5.10 Å². The highest BCUT2D eigenvalue weighted by Gasteiger charge is 2.09. The number of aliphatic imine (C=N–C) groups is 1. The number of hydrazone groups is 1. The van der Waals surface area contributed by atoms with E-state index in [4.69, 9.17) is 10.9 Å². The number of hydrogen-bond acceptors (Lipinski definition) is 5. The summed E-state index contributed by atoms with van der Waals surface area (Å²) in [5, 5.41) is 13.5. The van der Waals surface area contributed by atoms with Crippen molar-refractivity contribution in [1.82, 2.24) is 4.98 Å². The fraction of sp³-hybridized carbons (Fsp3) is 0. The van der Waals surface area contributed by atoms with Gasteiger partial charge in [0.05, 0.1) is 23.0 Å². The van der Waals surface area contributed by atoms with E-state index in [0.717, 1.165) is 5.39 Å². The number of aromatic amines is 1. The van der Waals surface area contributed by atoms with E-state index in [1.807, 2.05) is 18.2 Å². The van der Waals surface area contributed by atoms with E-state index in [-0.39, 0.29) is 22.4 Å². The van der Waals surface area contributed by atoms with Gasteiger partial charge in [0.1, 0.15) is 5.71 Å². The van der Waals surface area contributed by atoms with Crippen molar-refractivity contribution in [2.45, 2.75) is 0 Å². The Kier molecular flexibility index (Phi) is 4.38. The molecule has 124 valence electrons. The Bertz CT molecular complexity index is 1070. The van der Waals surface area contributed by atoms with Gasteiger partial charge < -0.3 is 15.9 Å². The molecule has 4 N–H and O–H groups in total. The van der Waals surface area contributed by atoms with E-state index >= 15 is 0 Å². The van der Waals surface area contributed by atoms with Crippen LogP contribution in [-0.2, 0) is 0 Å². The Labute approximate surface area is 142 Å². The number of carboxylic acids is 1. The molecule has 0 spiro atoms. The lowest BCUT2D eigenvalue weighted by Gasteiger charge is -2.03. The largest absolute Gasteiger partial charge is 0.478 e. The number of nitrogens with two attached hydrogens (primary N) is 1. The zero-order chi connectivity index (χ0) is 17.8. The van der Waals surface area contributed by atoms with Gasteiger partial charge in [-0.3, -0.25) is 9.79 Å². The van der Waals surface area contributed by atoms with Gasteiger partial charge in [0.15, 0.2) is 0 Å². The van der Waals surface area contributed by atoms with Crippen molar-refractivity contribution in [3.63, 3.8) is 0 Å². The third-order valence-electron chi connectivity index (χ3n) is 3.60. The maximum absolute atomic E-state index is 12.3. The number of aromatic nitrogens is 1. The highest BCUT2D eigenvalue weighted by Crippen LogP contribution is 2.14. The van der Waals surface area contributed by atoms with Gasteiger partial charge in [0, 0.05) is 5.52 Å². The second-order valence-corrected chi connectivity index (χ2v) is 5.23. The molecule has 0 saturated heterocycles. The first kappa shape index (κ1) is 16.1. The van der Waals surface area contributed by atoms with Crippen molar-refractivity contribution in [3.05, 3.63) is 76.1 Å². The molecule has 0 saturated carbocycles. The van der Waals surface area contributed by atoms with Crippen LogP contribution in [0.15, 0.2) is 69.5 Å². The van der Waals surface area contributed by atoms with E-state index in [1.165, 1.54) is 18.3 Å². The quantitative estimate of drug-likeness (QED) is 0.385. The number of aromatic carboxylic acids is 1. The number of hydrogen-bond donors (Lipinski definition) is 3. The Balaban J connectivity index is 1.99. The SMILES string of the molecule is NN=C(C=Nc1cccc(C(=O)O)c1)c1cc2ccccc2[nH]c1=O. The number of pyridine rings is 1. The molecule has 1 aromatic heterocycles. The molecule has 2 aromatic carbocycles. The predicted octanol–water partition coefficient (Wildman–Crippen LogP) is 2.29. The minimum Gasteiger partial charge on any atom is -0.478 e. The average Bonchev–Trinajstić information content (AvgIpc) is 2.62. The molecule has 1 heterocycles. The fourth-order valence-corrected chi connectivity index (χ4v) is 2.37. The van der Waals surface area contributed by atoms with Gasteiger partial charge >= 0.3 is 5.97 Å². The van der Waals surface area contributed by atoms with Crippen LogP contribution in [0.2, 0.25) is 0 Å². The first-order valence-electron chi connectivity index (χ1n) is 7.36. The molecule has 3 aromatic rings. The maximum atomic E-state index is 12.3. The summed E-state index contributed by atoms with van der Waals surface area (Å²) in [5.41, 5.74) is 1.36. The highest BCUT2D eigenvalue weighted by atomic mass is 16.4. The minimum absolute atomic E-state index is 0.115. The van der Waals surface area contributed by atoms with Crippen LogP contribution in [-0.4, -0.2) is 28.0 Å². The smallest absolute Gasteiger partial charge is 0.335 e. The summed E-state index contributed by atoms with van der Waals surface area (Å²) in [6.45, 7) is 0. The molecule has 3 rings (SSSR count). The van der Waals surface area contributed by atoms with Gasteiger partial charge in [-0.15, -0.1) is 0 Å². The standard InChI is InChI=1S/C18H14N4O3/c19-22-16(10-20-13-6-3-5-12(8-13)18(24)25)14-9-11-4-1-2-7-15(11)21-17(14)23/h1-10H,19H2,(H,21,23)(H,24,25). The van der Waals surface area contributed by atoms with Crippen LogP contribution in [0.5, 0.6) is 0 Å². The lowest BCUT2D eigenvalue weighted by molar-refractivity contribution is 0.0697. The van der Waals surface area contributed by atoms with Gasteiger partial charge in [-0.25, -0.2) is 4.79 Å². The second-order valence-electron chi connectivity index (χ2n) is 5.23. The fourth-order valence-electron chi connectivity index (χ4n) is 2.37. The van der Waals surface area contributed by atoms with Crippen LogP contribution in [0.25, 0.3) is 10.9 Å². The van der Waals surface area contributed by atoms with E-state index in [0.29, 0.717) is 11.2 Å². The third-order valence-corrected chi connectivity index (χ3v) is 3.60. The van der Waals surface area contributed by atoms with Gasteiger partial charge in [0.25, 0.3) is 5.56 Å². The number of benzene rings is 2. The van der Waals surface area contributed by atoms with Crippen LogP contribution < -0.4 is 11.4 Å². The van der Waals surface area contributed by atoms with Crippen LogP contribution in [0.1, 0.15) is 15.9 Å². The molecule has 0 fully saturated rings. The molecular formula is C18H14N4O3. The number of nitrogens with one attached hydrogen (secondary N) is 1. The molecule has 25 heavy (non-hydrogen) atoms. The number of H-pyrrole nitrogens is 1. The lowest BCUT2D eigenvalue weighted by atomic mass is 10.1. The monoisotopic (exact) mass is 334 g/mol. The Hall–Kier alpha value is -3.74. The summed E-state index contributed by atoms with van der Waals surface area (Å²) < 4.78 is 0. The van der Waals surface area contributed by atoms with Crippen molar-refractivity contribution in [1.29, 1.82) is 0 Å². The molecule has 0 unspecified atom stereocenters. The summed E-state index contributed by atoms with van der Waals surface area (Å²) in [6, 6.07) is 15.1. The average molecular weight is 334 g/mol. The summed E-state index contributed by atoms with van der Waals surface area (Å²) in [5.74, 6) is 4.36. The molecule has 7 heteroatoms. The Morgan fingerprint density at radius 2 is 1.92 bits per heavy atom. The number of para-hydroxylation sites is 1.